The van der Waals surface area contributed by atoms with E-state index in [1.165, 1.54) is 23.1 Å². The number of carbonyl (C=O) groups excluding carboxylic acids is 2. The smallest absolute Gasteiger partial charge is 0.338 e. The van der Waals surface area contributed by atoms with E-state index < -0.39 is 5.97 Å². The monoisotopic (exact) mass is 523 g/mol. The van der Waals surface area contributed by atoms with Gasteiger partial charge in [-0.15, -0.1) is 11.3 Å². The van der Waals surface area contributed by atoms with E-state index in [1.54, 1.807) is 41.8 Å². The SMILES string of the molecule is CCOC(=O)c1ccc(NC(=O)CSc2nc3ccsc3c(=O)n2Cc2ccc3c(c2)OCO3)cc1. The van der Waals surface area contributed by atoms with E-state index in [2.05, 4.69) is 10.3 Å². The van der Waals surface area contributed by atoms with Crippen LogP contribution in [0.5, 0.6) is 11.5 Å². The van der Waals surface area contributed by atoms with Crippen molar-refractivity contribution in [2.24, 2.45) is 0 Å². The minimum atomic E-state index is -0.416. The molecule has 3 heterocycles. The van der Waals surface area contributed by atoms with E-state index in [0.29, 0.717) is 44.7 Å². The Hall–Kier alpha value is -3.83. The van der Waals surface area contributed by atoms with Gasteiger partial charge in [-0.05, 0) is 60.3 Å². The molecule has 0 unspecified atom stereocenters. The van der Waals surface area contributed by atoms with Gasteiger partial charge in [0.2, 0.25) is 12.7 Å². The summed E-state index contributed by atoms with van der Waals surface area (Å²) < 4.78 is 17.9. The summed E-state index contributed by atoms with van der Waals surface area (Å²) in [7, 11) is 0. The van der Waals surface area contributed by atoms with Crippen LogP contribution in [0, 0.1) is 0 Å². The van der Waals surface area contributed by atoms with Crippen molar-refractivity contribution in [3.8, 4) is 11.5 Å². The predicted octanol–water partition coefficient (Wildman–Crippen LogP) is 4.14. The molecule has 1 aliphatic rings. The van der Waals surface area contributed by atoms with Crippen LogP contribution in [0.2, 0.25) is 0 Å². The Labute approximate surface area is 214 Å². The molecule has 11 heteroatoms. The van der Waals surface area contributed by atoms with Gasteiger partial charge in [-0.25, -0.2) is 9.78 Å². The number of esters is 1. The van der Waals surface area contributed by atoms with Gasteiger partial charge in [-0.3, -0.25) is 14.2 Å². The first-order valence-electron chi connectivity index (χ1n) is 11.1. The molecule has 36 heavy (non-hydrogen) atoms. The Bertz CT molecular complexity index is 1500. The van der Waals surface area contributed by atoms with E-state index in [0.717, 1.165) is 5.56 Å². The molecule has 0 radical (unpaired) electrons. The topological polar surface area (TPSA) is 109 Å². The number of carbonyl (C=O) groups is 2. The first-order chi connectivity index (χ1) is 17.5. The van der Waals surface area contributed by atoms with Crippen LogP contribution in [0.15, 0.2) is 63.9 Å². The Balaban J connectivity index is 1.32. The van der Waals surface area contributed by atoms with Gasteiger partial charge >= 0.3 is 5.97 Å². The number of hydrogen-bond acceptors (Lipinski definition) is 9. The zero-order valence-corrected chi connectivity index (χ0v) is 20.8. The van der Waals surface area contributed by atoms with Crippen molar-refractivity contribution < 1.29 is 23.8 Å². The van der Waals surface area contributed by atoms with Crippen molar-refractivity contribution in [2.75, 3.05) is 24.5 Å². The van der Waals surface area contributed by atoms with Crippen LogP contribution >= 0.6 is 23.1 Å². The summed E-state index contributed by atoms with van der Waals surface area (Å²) >= 11 is 2.52. The molecule has 0 saturated carbocycles. The third kappa shape index (κ3) is 5.07. The lowest BCUT2D eigenvalue weighted by Crippen LogP contribution is -2.24. The standard InChI is InChI=1S/C25H21N3O6S2/c1-2-32-24(31)16-4-6-17(7-5-16)26-21(29)13-36-25-27-18-9-10-35-22(18)23(30)28(25)12-15-3-8-19-20(11-15)34-14-33-19/h3-11H,2,12-14H2,1H3,(H,26,29). The number of thiophene rings is 1. The van der Waals surface area contributed by atoms with Crippen LogP contribution < -0.4 is 20.3 Å². The number of aromatic nitrogens is 2. The van der Waals surface area contributed by atoms with Crippen molar-refractivity contribution in [2.45, 2.75) is 18.6 Å². The van der Waals surface area contributed by atoms with Crippen LogP contribution in [0.1, 0.15) is 22.8 Å². The first-order valence-corrected chi connectivity index (χ1v) is 12.9. The normalized spacial score (nSPS) is 12.0. The van der Waals surface area contributed by atoms with Crippen molar-refractivity contribution in [1.29, 1.82) is 0 Å². The summed E-state index contributed by atoms with van der Waals surface area (Å²) in [5, 5.41) is 5.06. The zero-order chi connectivity index (χ0) is 25.1. The number of hydrogen-bond donors (Lipinski definition) is 1. The summed E-state index contributed by atoms with van der Waals surface area (Å²) in [4.78, 5) is 42.3. The number of amides is 1. The number of rotatable bonds is 8. The minimum absolute atomic E-state index is 0.0445. The van der Waals surface area contributed by atoms with E-state index in [1.807, 2.05) is 23.6 Å². The van der Waals surface area contributed by atoms with Crippen molar-refractivity contribution in [3.05, 3.63) is 75.4 Å². The molecule has 4 aromatic rings. The molecule has 5 rings (SSSR count). The van der Waals surface area contributed by atoms with Crippen LogP contribution in [-0.4, -0.2) is 40.6 Å². The van der Waals surface area contributed by atoms with Gasteiger partial charge < -0.3 is 19.5 Å². The molecular weight excluding hydrogens is 502 g/mol. The average molecular weight is 524 g/mol. The molecule has 0 fully saturated rings. The van der Waals surface area contributed by atoms with Crippen LogP contribution in [-0.2, 0) is 16.1 Å². The summed E-state index contributed by atoms with van der Waals surface area (Å²) in [5.74, 6) is 0.662. The maximum absolute atomic E-state index is 13.2. The quantitative estimate of drug-likeness (QED) is 0.209. The van der Waals surface area contributed by atoms with Crippen molar-refractivity contribution >= 4 is 50.9 Å². The third-order valence-electron chi connectivity index (χ3n) is 5.32. The molecule has 0 aliphatic carbocycles. The fourth-order valence-electron chi connectivity index (χ4n) is 3.63. The second kappa shape index (κ2) is 10.4. The van der Waals surface area contributed by atoms with Crippen LogP contribution in [0.3, 0.4) is 0 Å². The number of nitrogens with zero attached hydrogens (tertiary/aromatic N) is 2. The Morgan fingerprint density at radius 2 is 1.94 bits per heavy atom. The van der Waals surface area contributed by atoms with Crippen molar-refractivity contribution in [1.82, 2.24) is 9.55 Å². The molecule has 184 valence electrons. The van der Waals surface area contributed by atoms with Gasteiger partial charge in [0.15, 0.2) is 16.7 Å². The molecule has 0 atom stereocenters. The van der Waals surface area contributed by atoms with Gasteiger partial charge in [-0.2, -0.15) is 0 Å². The van der Waals surface area contributed by atoms with E-state index in [9.17, 15) is 14.4 Å². The van der Waals surface area contributed by atoms with Gasteiger partial charge in [0, 0.05) is 5.69 Å². The summed E-state index contributed by atoms with van der Waals surface area (Å²) in [6.45, 7) is 2.47. The number of nitrogens with one attached hydrogen (secondary N) is 1. The minimum Gasteiger partial charge on any atom is -0.462 e. The molecule has 0 saturated heterocycles. The van der Waals surface area contributed by atoms with Gasteiger partial charge in [-0.1, -0.05) is 17.8 Å². The number of fused-ring (bicyclic) bond motifs is 2. The van der Waals surface area contributed by atoms with Crippen molar-refractivity contribution in [3.63, 3.8) is 0 Å². The lowest BCUT2D eigenvalue weighted by atomic mass is 10.2. The average Bonchev–Trinajstić information content (AvgIpc) is 3.54. The molecule has 1 amide bonds. The Kier molecular flexibility index (Phi) is 6.92. The second-order valence-corrected chi connectivity index (χ2v) is 9.60. The molecule has 9 nitrogen and oxygen atoms in total. The highest BCUT2D eigenvalue weighted by Crippen LogP contribution is 2.33. The molecule has 1 N–H and O–H groups in total. The predicted molar refractivity (Wildman–Crippen MR) is 137 cm³/mol. The Morgan fingerprint density at radius 3 is 2.75 bits per heavy atom. The third-order valence-corrected chi connectivity index (χ3v) is 7.19. The van der Waals surface area contributed by atoms with Gasteiger partial charge in [0.05, 0.1) is 30.0 Å². The van der Waals surface area contributed by atoms with Crippen LogP contribution in [0.4, 0.5) is 5.69 Å². The number of anilines is 1. The fraction of sp³-hybridized carbons (Fsp3) is 0.200. The summed E-state index contributed by atoms with van der Waals surface area (Å²) in [6, 6.07) is 13.8. The van der Waals surface area contributed by atoms with E-state index in [4.69, 9.17) is 14.2 Å². The highest BCUT2D eigenvalue weighted by molar-refractivity contribution is 7.99. The maximum atomic E-state index is 13.2. The number of thioether (sulfide) groups is 1. The maximum Gasteiger partial charge on any atom is 0.338 e. The molecule has 1 aliphatic heterocycles. The highest BCUT2D eigenvalue weighted by atomic mass is 32.2. The molecular formula is C25H21N3O6S2. The van der Waals surface area contributed by atoms with Gasteiger partial charge in [0.25, 0.3) is 5.56 Å². The lowest BCUT2D eigenvalue weighted by Gasteiger charge is -2.13. The molecule has 2 aromatic carbocycles. The molecule has 0 bridgehead atoms. The second-order valence-electron chi connectivity index (χ2n) is 7.74. The highest BCUT2D eigenvalue weighted by Gasteiger charge is 2.18. The fourth-order valence-corrected chi connectivity index (χ4v) is 5.20. The molecule has 2 aromatic heterocycles. The number of benzene rings is 2. The first kappa shape index (κ1) is 23.9. The number of ether oxygens (including phenoxy) is 3. The molecule has 0 spiro atoms. The van der Waals surface area contributed by atoms with E-state index >= 15 is 0 Å². The van der Waals surface area contributed by atoms with E-state index in [-0.39, 0.29) is 30.6 Å². The largest absolute Gasteiger partial charge is 0.462 e. The Morgan fingerprint density at radius 1 is 1.14 bits per heavy atom. The summed E-state index contributed by atoms with van der Waals surface area (Å²) in [5.41, 5.74) is 2.25. The zero-order valence-electron chi connectivity index (χ0n) is 19.2. The summed E-state index contributed by atoms with van der Waals surface area (Å²) in [6.07, 6.45) is 0. The lowest BCUT2D eigenvalue weighted by molar-refractivity contribution is -0.113. The van der Waals surface area contributed by atoms with Gasteiger partial charge in [0.1, 0.15) is 4.70 Å². The van der Waals surface area contributed by atoms with Crippen LogP contribution in [0.25, 0.3) is 10.2 Å².